The number of aliphatic hydroxyl groups excluding tert-OH is 1. The SMILES string of the molecule is CC(C)CC(O)CNS(=O)(=O)Cc1cc(C#N)ccc1F. The molecule has 1 unspecified atom stereocenters. The summed E-state index contributed by atoms with van der Waals surface area (Å²) in [6.45, 7) is 3.72. The molecule has 1 aromatic rings. The standard InChI is InChI=1S/C14H19FN2O3S/c1-10(2)5-13(18)8-17-21(19,20)9-12-6-11(7-16)3-4-14(12)15/h3-4,6,10,13,17-18H,5,8-9H2,1-2H3. The molecule has 0 aliphatic heterocycles. The molecule has 0 aliphatic carbocycles. The molecule has 0 amide bonds. The van der Waals surface area contributed by atoms with Gasteiger partial charge < -0.3 is 5.11 Å². The van der Waals surface area contributed by atoms with Crippen molar-refractivity contribution in [3.8, 4) is 6.07 Å². The van der Waals surface area contributed by atoms with E-state index in [-0.39, 0.29) is 23.6 Å². The average Bonchev–Trinajstić information content (AvgIpc) is 2.38. The van der Waals surface area contributed by atoms with Crippen LogP contribution in [0.5, 0.6) is 0 Å². The van der Waals surface area contributed by atoms with E-state index in [4.69, 9.17) is 5.26 Å². The van der Waals surface area contributed by atoms with Crippen LogP contribution in [0.25, 0.3) is 0 Å². The number of aliphatic hydroxyl groups is 1. The molecule has 0 saturated carbocycles. The smallest absolute Gasteiger partial charge is 0.215 e. The van der Waals surface area contributed by atoms with E-state index in [2.05, 4.69) is 4.72 Å². The van der Waals surface area contributed by atoms with Crippen LogP contribution in [0.3, 0.4) is 0 Å². The highest BCUT2D eigenvalue weighted by Crippen LogP contribution is 2.13. The van der Waals surface area contributed by atoms with Gasteiger partial charge in [0.15, 0.2) is 0 Å². The Morgan fingerprint density at radius 1 is 1.43 bits per heavy atom. The number of sulfonamides is 1. The number of halogens is 1. The number of rotatable bonds is 7. The summed E-state index contributed by atoms with van der Waals surface area (Å²) in [4.78, 5) is 0. The molecular weight excluding hydrogens is 295 g/mol. The maximum atomic E-state index is 13.6. The Bertz CT molecular complexity index is 624. The normalized spacial score (nSPS) is 13.1. The summed E-state index contributed by atoms with van der Waals surface area (Å²) in [6.07, 6.45) is -0.309. The van der Waals surface area contributed by atoms with Crippen molar-refractivity contribution in [3.63, 3.8) is 0 Å². The summed E-state index contributed by atoms with van der Waals surface area (Å²) in [5.41, 5.74) is 0.126. The van der Waals surface area contributed by atoms with E-state index >= 15 is 0 Å². The third kappa shape index (κ3) is 6.21. The van der Waals surface area contributed by atoms with Crippen LogP contribution in [-0.4, -0.2) is 26.2 Å². The number of nitrogens with one attached hydrogen (secondary N) is 1. The predicted molar refractivity (Wildman–Crippen MR) is 77.2 cm³/mol. The van der Waals surface area contributed by atoms with Gasteiger partial charge in [-0.2, -0.15) is 5.26 Å². The van der Waals surface area contributed by atoms with Gasteiger partial charge in [-0.3, -0.25) is 0 Å². The second-order valence-corrected chi connectivity index (χ2v) is 7.12. The lowest BCUT2D eigenvalue weighted by Crippen LogP contribution is -2.33. The van der Waals surface area contributed by atoms with Crippen LogP contribution in [0, 0.1) is 23.1 Å². The van der Waals surface area contributed by atoms with Crippen LogP contribution in [-0.2, 0) is 15.8 Å². The topological polar surface area (TPSA) is 90.2 Å². The van der Waals surface area contributed by atoms with Gasteiger partial charge in [-0.05, 0) is 30.5 Å². The van der Waals surface area contributed by atoms with Crippen molar-refractivity contribution in [3.05, 3.63) is 35.1 Å². The Morgan fingerprint density at radius 2 is 2.10 bits per heavy atom. The third-order valence-electron chi connectivity index (χ3n) is 2.80. The number of hydrogen-bond acceptors (Lipinski definition) is 4. The molecule has 0 radical (unpaired) electrons. The second-order valence-electron chi connectivity index (χ2n) is 5.31. The lowest BCUT2D eigenvalue weighted by Gasteiger charge is -2.14. The first kappa shape index (κ1) is 17.6. The van der Waals surface area contributed by atoms with E-state index in [9.17, 15) is 17.9 Å². The van der Waals surface area contributed by atoms with Gasteiger partial charge >= 0.3 is 0 Å². The zero-order chi connectivity index (χ0) is 16.0. The third-order valence-corrected chi connectivity index (χ3v) is 4.10. The predicted octanol–water partition coefficient (Wildman–Crippen LogP) is 1.52. The Kier molecular flexibility index (Phi) is 6.27. The first-order chi connectivity index (χ1) is 9.73. The minimum absolute atomic E-state index is 0.0695. The van der Waals surface area contributed by atoms with Gasteiger partial charge in [-0.15, -0.1) is 0 Å². The maximum Gasteiger partial charge on any atom is 0.215 e. The van der Waals surface area contributed by atoms with Crippen molar-refractivity contribution in [2.75, 3.05) is 6.54 Å². The molecular formula is C14H19FN2O3S. The lowest BCUT2D eigenvalue weighted by molar-refractivity contribution is 0.152. The zero-order valence-electron chi connectivity index (χ0n) is 12.0. The van der Waals surface area contributed by atoms with Gasteiger partial charge in [0.1, 0.15) is 5.82 Å². The van der Waals surface area contributed by atoms with Crippen LogP contribution in [0.15, 0.2) is 18.2 Å². The molecule has 21 heavy (non-hydrogen) atoms. The fraction of sp³-hybridized carbons (Fsp3) is 0.500. The molecule has 7 heteroatoms. The van der Waals surface area contributed by atoms with Crippen LogP contribution in [0.4, 0.5) is 4.39 Å². The van der Waals surface area contributed by atoms with Crippen molar-refractivity contribution in [2.45, 2.75) is 32.1 Å². The van der Waals surface area contributed by atoms with Crippen LogP contribution in [0.1, 0.15) is 31.4 Å². The summed E-state index contributed by atoms with van der Waals surface area (Å²) in [7, 11) is -3.77. The number of hydrogen-bond donors (Lipinski definition) is 2. The molecule has 0 saturated heterocycles. The molecule has 0 aromatic heterocycles. The highest BCUT2D eigenvalue weighted by Gasteiger charge is 2.17. The zero-order valence-corrected chi connectivity index (χ0v) is 12.8. The quantitative estimate of drug-likeness (QED) is 0.798. The first-order valence-electron chi connectivity index (χ1n) is 6.57. The molecule has 5 nitrogen and oxygen atoms in total. The molecule has 0 fully saturated rings. The van der Waals surface area contributed by atoms with Gasteiger partial charge in [0.05, 0.1) is 23.5 Å². The largest absolute Gasteiger partial charge is 0.392 e. The highest BCUT2D eigenvalue weighted by atomic mass is 32.2. The monoisotopic (exact) mass is 314 g/mol. The summed E-state index contributed by atoms with van der Waals surface area (Å²) >= 11 is 0. The molecule has 1 atom stereocenters. The average molecular weight is 314 g/mol. The Hall–Kier alpha value is -1.49. The number of nitrogens with zero attached hydrogens (tertiary/aromatic N) is 1. The van der Waals surface area contributed by atoms with Crippen molar-refractivity contribution in [1.82, 2.24) is 4.72 Å². The van der Waals surface area contributed by atoms with Crippen LogP contribution in [0.2, 0.25) is 0 Å². The van der Waals surface area contributed by atoms with Gasteiger partial charge in [0.25, 0.3) is 0 Å². The van der Waals surface area contributed by atoms with Crippen molar-refractivity contribution < 1.29 is 17.9 Å². The molecule has 0 heterocycles. The molecule has 1 rings (SSSR count). The van der Waals surface area contributed by atoms with Gasteiger partial charge in [0, 0.05) is 12.1 Å². The van der Waals surface area contributed by atoms with E-state index in [0.717, 1.165) is 6.07 Å². The molecule has 0 spiro atoms. The molecule has 1 aromatic carbocycles. The van der Waals surface area contributed by atoms with Gasteiger partial charge in [-0.25, -0.2) is 17.5 Å². The summed E-state index contributed by atoms with van der Waals surface area (Å²) in [5.74, 6) is -1.00. The fourth-order valence-corrected chi connectivity index (χ4v) is 3.04. The Balaban J connectivity index is 2.71. The van der Waals surface area contributed by atoms with E-state index in [1.165, 1.54) is 12.1 Å². The van der Waals surface area contributed by atoms with Gasteiger partial charge in [0.2, 0.25) is 10.0 Å². The number of benzene rings is 1. The van der Waals surface area contributed by atoms with Crippen molar-refractivity contribution in [1.29, 1.82) is 5.26 Å². The van der Waals surface area contributed by atoms with E-state index in [1.54, 1.807) is 0 Å². The molecule has 0 bridgehead atoms. The summed E-state index contributed by atoms with van der Waals surface area (Å²) < 4.78 is 39.5. The first-order valence-corrected chi connectivity index (χ1v) is 8.22. The summed E-state index contributed by atoms with van der Waals surface area (Å²) in [5, 5.41) is 18.4. The molecule has 2 N–H and O–H groups in total. The van der Waals surface area contributed by atoms with E-state index in [0.29, 0.717) is 6.42 Å². The summed E-state index contributed by atoms with van der Waals surface area (Å²) in [6, 6.07) is 5.39. The minimum atomic E-state index is -3.77. The second kappa shape index (κ2) is 7.50. The Labute approximate surface area is 124 Å². The fourth-order valence-electron chi connectivity index (χ4n) is 1.86. The lowest BCUT2D eigenvalue weighted by atomic mass is 10.1. The Morgan fingerprint density at radius 3 is 2.67 bits per heavy atom. The van der Waals surface area contributed by atoms with Crippen LogP contribution < -0.4 is 4.72 Å². The minimum Gasteiger partial charge on any atom is -0.392 e. The van der Waals surface area contributed by atoms with E-state index < -0.39 is 27.7 Å². The van der Waals surface area contributed by atoms with E-state index in [1.807, 2.05) is 19.9 Å². The van der Waals surface area contributed by atoms with Crippen molar-refractivity contribution >= 4 is 10.0 Å². The molecule has 116 valence electrons. The highest BCUT2D eigenvalue weighted by molar-refractivity contribution is 7.88. The number of nitriles is 1. The maximum absolute atomic E-state index is 13.6. The van der Waals surface area contributed by atoms with Crippen molar-refractivity contribution in [2.24, 2.45) is 5.92 Å². The van der Waals surface area contributed by atoms with Crippen LogP contribution >= 0.6 is 0 Å². The van der Waals surface area contributed by atoms with Gasteiger partial charge in [-0.1, -0.05) is 13.8 Å². The molecule has 0 aliphatic rings.